The minimum Gasteiger partial charge on any atom is -0.467 e. The number of hydrogen-bond acceptors (Lipinski definition) is 4. The van der Waals surface area contributed by atoms with E-state index in [4.69, 9.17) is 21.1 Å². The molecular formula is C24H17ClN4O2. The van der Waals surface area contributed by atoms with E-state index in [1.54, 1.807) is 23.0 Å². The Morgan fingerprint density at radius 3 is 2.61 bits per heavy atom. The van der Waals surface area contributed by atoms with Crippen LogP contribution in [0.3, 0.4) is 0 Å². The SMILES string of the molecule is O=C(NCc1ccco1)c1cnc2cc(-c3ccccc3Cl)nn2c1-c1ccccc1. The molecule has 1 amide bonds. The summed E-state index contributed by atoms with van der Waals surface area (Å²) < 4.78 is 7.00. The summed E-state index contributed by atoms with van der Waals surface area (Å²) in [5.74, 6) is 0.406. The van der Waals surface area contributed by atoms with E-state index < -0.39 is 0 Å². The Bertz CT molecular complexity index is 1360. The lowest BCUT2D eigenvalue weighted by Gasteiger charge is -2.11. The highest BCUT2D eigenvalue weighted by Crippen LogP contribution is 2.30. The number of halogens is 1. The second-order valence-corrected chi connectivity index (χ2v) is 7.34. The second kappa shape index (κ2) is 8.08. The van der Waals surface area contributed by atoms with Gasteiger partial charge in [0.2, 0.25) is 0 Å². The molecule has 0 aliphatic heterocycles. The van der Waals surface area contributed by atoms with Crippen LogP contribution in [0.5, 0.6) is 0 Å². The number of nitrogens with one attached hydrogen (secondary N) is 1. The Balaban J connectivity index is 1.63. The van der Waals surface area contributed by atoms with Gasteiger partial charge in [0.1, 0.15) is 5.76 Å². The van der Waals surface area contributed by atoms with Gasteiger partial charge in [-0.1, -0.05) is 60.1 Å². The number of carbonyl (C=O) groups excluding carboxylic acids is 1. The summed E-state index contributed by atoms with van der Waals surface area (Å²) in [6, 6.07) is 22.6. The largest absolute Gasteiger partial charge is 0.467 e. The van der Waals surface area contributed by atoms with Gasteiger partial charge in [0.05, 0.1) is 34.8 Å². The van der Waals surface area contributed by atoms with E-state index in [1.807, 2.05) is 66.7 Å². The molecule has 0 radical (unpaired) electrons. The van der Waals surface area contributed by atoms with Crippen LogP contribution in [0.1, 0.15) is 16.1 Å². The fourth-order valence-electron chi connectivity index (χ4n) is 3.45. The molecule has 7 heteroatoms. The zero-order chi connectivity index (χ0) is 21.2. The molecule has 6 nitrogen and oxygen atoms in total. The van der Waals surface area contributed by atoms with Gasteiger partial charge in [0.25, 0.3) is 5.91 Å². The highest BCUT2D eigenvalue weighted by molar-refractivity contribution is 6.33. The standard InChI is InChI=1S/C24H17ClN4O2/c25-20-11-5-4-10-18(20)21-13-22-26-15-19(24(30)27-14-17-9-6-12-31-17)23(29(22)28-21)16-7-2-1-3-8-16/h1-13,15H,14H2,(H,27,30). The van der Waals surface area contributed by atoms with Crippen LogP contribution >= 0.6 is 11.6 Å². The van der Waals surface area contributed by atoms with Crippen LogP contribution in [-0.2, 0) is 6.54 Å². The third-order valence-corrected chi connectivity index (χ3v) is 5.26. The number of fused-ring (bicyclic) bond motifs is 1. The van der Waals surface area contributed by atoms with Gasteiger partial charge in [-0.2, -0.15) is 5.10 Å². The van der Waals surface area contributed by atoms with E-state index in [0.29, 0.717) is 33.4 Å². The van der Waals surface area contributed by atoms with Crippen LogP contribution in [0.2, 0.25) is 5.02 Å². The molecule has 0 spiro atoms. The van der Waals surface area contributed by atoms with E-state index in [2.05, 4.69) is 10.3 Å². The summed E-state index contributed by atoms with van der Waals surface area (Å²) in [7, 11) is 0. The van der Waals surface area contributed by atoms with Crippen LogP contribution in [-0.4, -0.2) is 20.5 Å². The fourth-order valence-corrected chi connectivity index (χ4v) is 3.68. The molecular weight excluding hydrogens is 412 g/mol. The Kier molecular flexibility index (Phi) is 4.98. The predicted octanol–water partition coefficient (Wildman–Crippen LogP) is 5.24. The lowest BCUT2D eigenvalue weighted by atomic mass is 10.1. The Labute approximate surface area is 183 Å². The first kappa shape index (κ1) is 19.1. The van der Waals surface area contributed by atoms with E-state index in [1.165, 1.54) is 0 Å². The van der Waals surface area contributed by atoms with Gasteiger partial charge >= 0.3 is 0 Å². The van der Waals surface area contributed by atoms with Crippen molar-refractivity contribution in [1.29, 1.82) is 0 Å². The molecule has 1 N–H and O–H groups in total. The number of furan rings is 1. The third kappa shape index (κ3) is 3.69. The van der Waals surface area contributed by atoms with Crippen molar-refractivity contribution in [2.45, 2.75) is 6.54 Å². The average Bonchev–Trinajstić information content (AvgIpc) is 3.47. The molecule has 0 atom stereocenters. The van der Waals surface area contributed by atoms with Crippen molar-refractivity contribution in [2.75, 3.05) is 0 Å². The Hall–Kier alpha value is -3.90. The third-order valence-electron chi connectivity index (χ3n) is 4.93. The lowest BCUT2D eigenvalue weighted by Crippen LogP contribution is -2.24. The molecule has 152 valence electrons. The number of hydrogen-bond donors (Lipinski definition) is 1. The Morgan fingerprint density at radius 1 is 1.03 bits per heavy atom. The smallest absolute Gasteiger partial charge is 0.255 e. The van der Waals surface area contributed by atoms with Gasteiger partial charge in [-0.05, 0) is 18.2 Å². The maximum atomic E-state index is 13.1. The van der Waals surface area contributed by atoms with Crippen molar-refractivity contribution >= 4 is 23.2 Å². The van der Waals surface area contributed by atoms with Gasteiger partial charge in [-0.15, -0.1) is 0 Å². The molecule has 0 saturated heterocycles. The number of amides is 1. The van der Waals surface area contributed by atoms with Crippen molar-refractivity contribution in [2.24, 2.45) is 0 Å². The molecule has 5 rings (SSSR count). The molecule has 31 heavy (non-hydrogen) atoms. The average molecular weight is 429 g/mol. The number of rotatable bonds is 5. The lowest BCUT2D eigenvalue weighted by molar-refractivity contribution is 0.0948. The van der Waals surface area contributed by atoms with Crippen LogP contribution in [0.4, 0.5) is 0 Å². The summed E-state index contributed by atoms with van der Waals surface area (Å²) in [6.45, 7) is 0.280. The highest BCUT2D eigenvalue weighted by Gasteiger charge is 2.20. The van der Waals surface area contributed by atoms with Crippen LogP contribution < -0.4 is 5.32 Å². The van der Waals surface area contributed by atoms with Crippen molar-refractivity contribution in [3.05, 3.63) is 102 Å². The zero-order valence-corrected chi connectivity index (χ0v) is 17.1. The number of nitrogens with zero attached hydrogens (tertiary/aromatic N) is 3. The zero-order valence-electron chi connectivity index (χ0n) is 16.3. The topological polar surface area (TPSA) is 72.4 Å². The molecule has 0 saturated carbocycles. The van der Waals surface area contributed by atoms with E-state index >= 15 is 0 Å². The molecule has 2 aromatic carbocycles. The maximum Gasteiger partial charge on any atom is 0.255 e. The van der Waals surface area contributed by atoms with E-state index in [9.17, 15) is 4.79 Å². The first-order valence-electron chi connectivity index (χ1n) is 9.70. The summed E-state index contributed by atoms with van der Waals surface area (Å²) in [5.41, 5.74) is 4.03. The van der Waals surface area contributed by atoms with Gasteiger partial charge < -0.3 is 9.73 Å². The summed E-state index contributed by atoms with van der Waals surface area (Å²) >= 11 is 6.37. The minimum atomic E-state index is -0.264. The highest BCUT2D eigenvalue weighted by atomic mass is 35.5. The second-order valence-electron chi connectivity index (χ2n) is 6.93. The minimum absolute atomic E-state index is 0.264. The van der Waals surface area contributed by atoms with Crippen LogP contribution in [0.25, 0.3) is 28.2 Å². The van der Waals surface area contributed by atoms with Gasteiger partial charge in [0, 0.05) is 23.4 Å². The molecule has 3 heterocycles. The Morgan fingerprint density at radius 2 is 1.84 bits per heavy atom. The van der Waals surface area contributed by atoms with Crippen molar-refractivity contribution in [1.82, 2.24) is 19.9 Å². The first-order valence-corrected chi connectivity index (χ1v) is 10.1. The number of carbonyl (C=O) groups is 1. The summed E-state index contributed by atoms with van der Waals surface area (Å²) in [6.07, 6.45) is 3.15. The van der Waals surface area contributed by atoms with Gasteiger partial charge in [-0.3, -0.25) is 4.79 Å². The van der Waals surface area contributed by atoms with Crippen molar-refractivity contribution < 1.29 is 9.21 Å². The van der Waals surface area contributed by atoms with Crippen LogP contribution in [0, 0.1) is 0 Å². The fraction of sp³-hybridized carbons (Fsp3) is 0.0417. The molecule has 0 aliphatic rings. The quantitative estimate of drug-likeness (QED) is 0.415. The predicted molar refractivity (Wildman–Crippen MR) is 119 cm³/mol. The normalized spacial score (nSPS) is 11.0. The van der Waals surface area contributed by atoms with Crippen molar-refractivity contribution in [3.63, 3.8) is 0 Å². The van der Waals surface area contributed by atoms with E-state index in [0.717, 1.165) is 11.1 Å². The van der Waals surface area contributed by atoms with E-state index in [-0.39, 0.29) is 12.5 Å². The van der Waals surface area contributed by atoms with Gasteiger partial charge in [-0.25, -0.2) is 9.50 Å². The number of aromatic nitrogens is 3. The number of benzene rings is 2. The molecule has 5 aromatic rings. The van der Waals surface area contributed by atoms with Crippen molar-refractivity contribution in [3.8, 4) is 22.5 Å². The monoisotopic (exact) mass is 428 g/mol. The summed E-state index contributed by atoms with van der Waals surface area (Å²) in [4.78, 5) is 17.5. The molecule has 3 aromatic heterocycles. The maximum absolute atomic E-state index is 13.1. The van der Waals surface area contributed by atoms with Crippen LogP contribution in [0.15, 0.2) is 89.7 Å². The molecule has 0 unspecified atom stereocenters. The van der Waals surface area contributed by atoms with Gasteiger partial charge in [0.15, 0.2) is 5.65 Å². The first-order chi connectivity index (χ1) is 15.2. The molecule has 0 fully saturated rings. The molecule has 0 bridgehead atoms. The summed E-state index contributed by atoms with van der Waals surface area (Å²) in [5, 5.41) is 8.23. The molecule has 0 aliphatic carbocycles.